The average molecular weight is 287 g/mol. The van der Waals surface area contributed by atoms with E-state index in [1.807, 2.05) is 0 Å². The molecule has 1 aromatic rings. The van der Waals surface area contributed by atoms with Crippen LogP contribution in [0.5, 0.6) is 0 Å². The predicted octanol–water partition coefficient (Wildman–Crippen LogP) is 4.08. The fourth-order valence-corrected chi connectivity index (χ4v) is 3.67. The van der Waals surface area contributed by atoms with E-state index >= 15 is 0 Å². The Kier molecular flexibility index (Phi) is 5.93. The Morgan fingerprint density at radius 1 is 1.44 bits per heavy atom. The minimum Gasteiger partial charge on any atom is -0.301 e. The highest BCUT2D eigenvalue weighted by Crippen LogP contribution is 2.18. The summed E-state index contributed by atoms with van der Waals surface area (Å²) in [6.07, 6.45) is 7.84. The Hall–Kier alpha value is -0.120. The number of piperidine rings is 1. The molecule has 0 aliphatic carbocycles. The second-order valence-electron chi connectivity index (χ2n) is 5.20. The molecule has 1 aromatic heterocycles. The standard InChI is InChI=1S/C14H23ClN2S/c1-12-6-2-4-8-17(12)9-5-3-7-14-16-13(10-15)11-18-14/h11-12H,2-10H2,1H3. The van der Waals surface area contributed by atoms with Crippen molar-refractivity contribution in [3.63, 3.8) is 0 Å². The lowest BCUT2D eigenvalue weighted by molar-refractivity contribution is 0.158. The molecule has 1 aliphatic heterocycles. The molecule has 0 spiro atoms. The molecule has 1 fully saturated rings. The molecule has 1 unspecified atom stereocenters. The van der Waals surface area contributed by atoms with E-state index < -0.39 is 0 Å². The van der Waals surface area contributed by atoms with Crippen molar-refractivity contribution < 1.29 is 0 Å². The zero-order valence-electron chi connectivity index (χ0n) is 11.2. The van der Waals surface area contributed by atoms with Gasteiger partial charge in [-0.05, 0) is 52.1 Å². The summed E-state index contributed by atoms with van der Waals surface area (Å²) < 4.78 is 0. The number of aromatic nitrogens is 1. The number of halogens is 1. The van der Waals surface area contributed by atoms with Crippen molar-refractivity contribution in [1.82, 2.24) is 9.88 Å². The van der Waals surface area contributed by atoms with Crippen molar-refractivity contribution in [2.75, 3.05) is 13.1 Å². The Bertz CT molecular complexity index is 353. The first-order valence-corrected chi connectivity index (χ1v) is 8.44. The van der Waals surface area contributed by atoms with Crippen LogP contribution in [-0.4, -0.2) is 29.0 Å². The summed E-state index contributed by atoms with van der Waals surface area (Å²) in [5.74, 6) is 0.543. The van der Waals surface area contributed by atoms with Crippen molar-refractivity contribution in [3.8, 4) is 0 Å². The van der Waals surface area contributed by atoms with Gasteiger partial charge in [0, 0.05) is 11.4 Å². The number of hydrogen-bond donors (Lipinski definition) is 0. The van der Waals surface area contributed by atoms with Crippen LogP contribution in [-0.2, 0) is 12.3 Å². The SMILES string of the molecule is CC1CCCCN1CCCCc1nc(CCl)cs1. The molecule has 4 heteroatoms. The summed E-state index contributed by atoms with van der Waals surface area (Å²) in [6.45, 7) is 4.93. The number of unbranched alkanes of at least 4 members (excludes halogenated alkanes) is 1. The molecular weight excluding hydrogens is 264 g/mol. The maximum Gasteiger partial charge on any atom is 0.0928 e. The summed E-state index contributed by atoms with van der Waals surface area (Å²) in [6, 6.07) is 0.793. The molecule has 2 nitrogen and oxygen atoms in total. The monoisotopic (exact) mass is 286 g/mol. The van der Waals surface area contributed by atoms with Gasteiger partial charge < -0.3 is 4.90 Å². The first kappa shape index (κ1) is 14.3. The molecule has 102 valence electrons. The van der Waals surface area contributed by atoms with Crippen LogP contribution in [0.15, 0.2) is 5.38 Å². The normalized spacial score (nSPS) is 21.3. The van der Waals surface area contributed by atoms with Gasteiger partial charge in [0.15, 0.2) is 0 Å². The summed E-state index contributed by atoms with van der Waals surface area (Å²) in [5.41, 5.74) is 1.03. The molecule has 0 N–H and O–H groups in total. The summed E-state index contributed by atoms with van der Waals surface area (Å²) >= 11 is 7.51. The van der Waals surface area contributed by atoms with Gasteiger partial charge in [0.2, 0.25) is 0 Å². The molecular formula is C14H23ClN2S. The second-order valence-corrected chi connectivity index (χ2v) is 6.41. The van der Waals surface area contributed by atoms with Crippen LogP contribution >= 0.6 is 22.9 Å². The Morgan fingerprint density at radius 2 is 2.33 bits per heavy atom. The van der Waals surface area contributed by atoms with Crippen molar-refractivity contribution in [2.24, 2.45) is 0 Å². The van der Waals surface area contributed by atoms with Crippen LogP contribution in [0.3, 0.4) is 0 Å². The number of rotatable bonds is 6. The van der Waals surface area contributed by atoms with Crippen LogP contribution in [0.2, 0.25) is 0 Å². The van der Waals surface area contributed by atoms with Crippen LogP contribution in [0.4, 0.5) is 0 Å². The third-order valence-electron chi connectivity index (χ3n) is 3.76. The van der Waals surface area contributed by atoms with Gasteiger partial charge >= 0.3 is 0 Å². The molecule has 0 amide bonds. The summed E-state index contributed by atoms with van der Waals surface area (Å²) in [5, 5.41) is 3.33. The van der Waals surface area contributed by atoms with Gasteiger partial charge in [0.05, 0.1) is 16.6 Å². The van der Waals surface area contributed by atoms with Gasteiger partial charge in [-0.3, -0.25) is 0 Å². The largest absolute Gasteiger partial charge is 0.301 e. The lowest BCUT2D eigenvalue weighted by Gasteiger charge is -2.33. The highest BCUT2D eigenvalue weighted by molar-refractivity contribution is 7.09. The van der Waals surface area contributed by atoms with Gasteiger partial charge in [-0.1, -0.05) is 6.42 Å². The highest BCUT2D eigenvalue weighted by atomic mass is 35.5. The summed E-state index contributed by atoms with van der Waals surface area (Å²) in [4.78, 5) is 7.15. The van der Waals surface area contributed by atoms with Crippen LogP contribution < -0.4 is 0 Å². The van der Waals surface area contributed by atoms with E-state index in [0.29, 0.717) is 5.88 Å². The van der Waals surface area contributed by atoms with Gasteiger partial charge in [0.25, 0.3) is 0 Å². The maximum absolute atomic E-state index is 5.76. The van der Waals surface area contributed by atoms with Gasteiger partial charge in [-0.25, -0.2) is 4.98 Å². The molecule has 1 saturated heterocycles. The first-order chi connectivity index (χ1) is 8.79. The van der Waals surface area contributed by atoms with Crippen LogP contribution in [0.1, 0.15) is 49.7 Å². The lowest BCUT2D eigenvalue weighted by Crippen LogP contribution is -2.37. The fourth-order valence-electron chi connectivity index (χ4n) is 2.61. The topological polar surface area (TPSA) is 16.1 Å². The predicted molar refractivity (Wildman–Crippen MR) is 79.5 cm³/mol. The molecule has 0 radical (unpaired) electrons. The molecule has 1 atom stereocenters. The molecule has 2 heterocycles. The zero-order chi connectivity index (χ0) is 12.8. The van der Waals surface area contributed by atoms with Gasteiger partial charge in [-0.2, -0.15) is 0 Å². The van der Waals surface area contributed by atoms with Crippen LogP contribution in [0.25, 0.3) is 0 Å². The molecule has 18 heavy (non-hydrogen) atoms. The van der Waals surface area contributed by atoms with Crippen molar-refractivity contribution in [1.29, 1.82) is 0 Å². The quantitative estimate of drug-likeness (QED) is 0.579. The number of aryl methyl sites for hydroxylation is 1. The third kappa shape index (κ3) is 4.22. The number of hydrogen-bond acceptors (Lipinski definition) is 3. The number of thiazole rings is 1. The number of alkyl halides is 1. The van der Waals surface area contributed by atoms with Crippen molar-refractivity contribution in [2.45, 2.75) is 57.4 Å². The van der Waals surface area contributed by atoms with E-state index in [1.54, 1.807) is 11.3 Å². The molecule has 0 aromatic carbocycles. The third-order valence-corrected chi connectivity index (χ3v) is 4.99. The summed E-state index contributed by atoms with van der Waals surface area (Å²) in [7, 11) is 0. The number of likely N-dealkylation sites (tertiary alicyclic amines) is 1. The highest BCUT2D eigenvalue weighted by Gasteiger charge is 2.17. The smallest absolute Gasteiger partial charge is 0.0928 e. The molecule has 0 saturated carbocycles. The van der Waals surface area contributed by atoms with Gasteiger partial charge in [-0.15, -0.1) is 22.9 Å². The Labute approximate surface area is 119 Å². The van der Waals surface area contributed by atoms with E-state index in [-0.39, 0.29) is 0 Å². The minimum absolute atomic E-state index is 0.543. The minimum atomic E-state index is 0.543. The molecule has 0 bridgehead atoms. The lowest BCUT2D eigenvalue weighted by atomic mass is 10.0. The van der Waals surface area contributed by atoms with Gasteiger partial charge in [0.1, 0.15) is 0 Å². The van der Waals surface area contributed by atoms with E-state index in [2.05, 4.69) is 22.2 Å². The Balaban J connectivity index is 1.63. The van der Waals surface area contributed by atoms with Crippen molar-refractivity contribution in [3.05, 3.63) is 16.1 Å². The van der Waals surface area contributed by atoms with E-state index in [0.717, 1.165) is 18.2 Å². The molecule has 2 rings (SSSR count). The molecule has 1 aliphatic rings. The number of nitrogens with zero attached hydrogens (tertiary/aromatic N) is 2. The average Bonchev–Trinajstić information content (AvgIpc) is 2.84. The van der Waals surface area contributed by atoms with E-state index in [4.69, 9.17) is 11.6 Å². The van der Waals surface area contributed by atoms with Crippen molar-refractivity contribution >= 4 is 22.9 Å². The Morgan fingerprint density at radius 3 is 3.06 bits per heavy atom. The van der Waals surface area contributed by atoms with E-state index in [9.17, 15) is 0 Å². The van der Waals surface area contributed by atoms with Crippen LogP contribution in [0, 0.1) is 0 Å². The van der Waals surface area contributed by atoms with E-state index in [1.165, 1.54) is 50.2 Å². The second kappa shape index (κ2) is 7.46. The maximum atomic E-state index is 5.76. The first-order valence-electron chi connectivity index (χ1n) is 7.03. The zero-order valence-corrected chi connectivity index (χ0v) is 12.8. The fraction of sp³-hybridized carbons (Fsp3) is 0.786.